The van der Waals surface area contributed by atoms with Gasteiger partial charge in [-0.1, -0.05) is 17.4 Å². The van der Waals surface area contributed by atoms with Crippen molar-refractivity contribution in [2.24, 2.45) is 0 Å². The van der Waals surface area contributed by atoms with E-state index in [1.165, 1.54) is 10.4 Å². The predicted molar refractivity (Wildman–Crippen MR) is 148 cm³/mol. The minimum Gasteiger partial charge on any atom is -0.270 e. The molecule has 3 aromatic rings. The highest BCUT2D eigenvalue weighted by Gasteiger charge is 2.42. The van der Waals surface area contributed by atoms with Gasteiger partial charge in [0.25, 0.3) is 6.43 Å². The van der Waals surface area contributed by atoms with Crippen LogP contribution < -0.4 is 4.72 Å². The summed E-state index contributed by atoms with van der Waals surface area (Å²) >= 11 is 0.751. The fraction of sp³-hybridized carbons (Fsp3) is 0.560. The van der Waals surface area contributed by atoms with Gasteiger partial charge in [0.05, 0.1) is 21.2 Å². The van der Waals surface area contributed by atoms with Crippen LogP contribution in [0.4, 0.5) is 8.78 Å². The van der Waals surface area contributed by atoms with Crippen LogP contribution >= 0.6 is 11.3 Å². The summed E-state index contributed by atoms with van der Waals surface area (Å²) in [7, 11) is -7.38. The van der Waals surface area contributed by atoms with Crippen LogP contribution in [0.15, 0.2) is 23.1 Å². The van der Waals surface area contributed by atoms with Crippen molar-refractivity contribution in [3.63, 3.8) is 0 Å². The largest absolute Gasteiger partial charge is 0.291 e. The Bertz CT molecular complexity index is 1740. The summed E-state index contributed by atoms with van der Waals surface area (Å²) in [5, 5.41) is 6.89. The number of sulfonamides is 2. The second-order valence-electron chi connectivity index (χ2n) is 11.2. The van der Waals surface area contributed by atoms with Gasteiger partial charge in [-0.25, -0.2) is 35.3 Å². The van der Waals surface area contributed by atoms with Gasteiger partial charge in [0.1, 0.15) is 5.82 Å². The molecule has 0 bridgehead atoms. The van der Waals surface area contributed by atoms with Gasteiger partial charge in [-0.05, 0) is 70.6 Å². The summed E-state index contributed by atoms with van der Waals surface area (Å²) in [6.45, 7) is 5.54. The maximum absolute atomic E-state index is 13.5. The molecule has 0 atom stereocenters. The van der Waals surface area contributed by atoms with E-state index in [9.17, 15) is 25.6 Å². The monoisotopic (exact) mass is 612 g/mol. The molecule has 15 heteroatoms. The van der Waals surface area contributed by atoms with Gasteiger partial charge in [-0.2, -0.15) is 4.31 Å². The van der Waals surface area contributed by atoms with Crippen molar-refractivity contribution in [3.8, 4) is 5.13 Å². The molecule has 1 aromatic carbocycles. The van der Waals surface area contributed by atoms with E-state index in [2.05, 4.69) is 14.9 Å². The molecule has 0 spiro atoms. The average Bonchev–Trinajstić information content (AvgIpc) is 3.77. The minimum absolute atomic E-state index is 0.0309. The normalized spacial score (nSPS) is 20.0. The van der Waals surface area contributed by atoms with Crippen molar-refractivity contribution in [2.45, 2.75) is 80.9 Å². The molecule has 216 valence electrons. The number of nitrogens with one attached hydrogen (secondary N) is 1. The number of imidazole rings is 1. The summed E-state index contributed by atoms with van der Waals surface area (Å²) in [5.41, 5.74) is 1.83. The smallest absolute Gasteiger partial charge is 0.270 e. The van der Waals surface area contributed by atoms with Crippen LogP contribution in [0, 0.1) is 0 Å². The first-order chi connectivity index (χ1) is 18.8. The third-order valence-electron chi connectivity index (χ3n) is 7.67. The molecular weight excluding hydrogens is 583 g/mol. The van der Waals surface area contributed by atoms with Gasteiger partial charge < -0.3 is 0 Å². The van der Waals surface area contributed by atoms with Gasteiger partial charge in [0.2, 0.25) is 25.2 Å². The molecule has 2 aromatic heterocycles. The molecule has 0 radical (unpaired) electrons. The second-order valence-corrected chi connectivity index (χ2v) is 16.4. The molecule has 2 saturated carbocycles. The lowest BCUT2D eigenvalue weighted by Crippen LogP contribution is -2.39. The van der Waals surface area contributed by atoms with Gasteiger partial charge in [-0.3, -0.25) is 4.57 Å². The quantitative estimate of drug-likeness (QED) is 0.381. The highest BCUT2D eigenvalue weighted by molar-refractivity contribution is 7.89. The Hall–Kier alpha value is -2.33. The molecule has 2 aliphatic carbocycles. The Morgan fingerprint density at radius 3 is 2.40 bits per heavy atom. The van der Waals surface area contributed by atoms with Crippen LogP contribution in [-0.2, 0) is 20.0 Å². The number of nitrogens with zero attached hydrogens (tertiary/aromatic N) is 5. The van der Waals surface area contributed by atoms with Crippen molar-refractivity contribution in [2.75, 3.05) is 13.1 Å². The van der Waals surface area contributed by atoms with Crippen LogP contribution in [0.5, 0.6) is 0 Å². The van der Waals surface area contributed by atoms with E-state index in [0.29, 0.717) is 28.8 Å². The molecule has 0 amide bonds. The fourth-order valence-corrected chi connectivity index (χ4v) is 8.35. The van der Waals surface area contributed by atoms with Crippen molar-refractivity contribution in [1.29, 1.82) is 0 Å². The van der Waals surface area contributed by atoms with Crippen molar-refractivity contribution in [1.82, 2.24) is 28.8 Å². The number of benzene rings is 1. The van der Waals surface area contributed by atoms with Crippen LogP contribution in [0.1, 0.15) is 81.6 Å². The van der Waals surface area contributed by atoms with E-state index >= 15 is 0 Å². The summed E-state index contributed by atoms with van der Waals surface area (Å²) in [6.07, 6.45) is 2.60. The molecule has 2 fully saturated rings. The summed E-state index contributed by atoms with van der Waals surface area (Å²) in [5.74, 6) is 0.722. The van der Waals surface area contributed by atoms with Crippen LogP contribution in [-0.4, -0.2) is 64.8 Å². The van der Waals surface area contributed by atoms with Crippen LogP contribution in [0.25, 0.3) is 21.7 Å². The van der Waals surface area contributed by atoms with Gasteiger partial charge in [0.15, 0.2) is 5.01 Å². The topological polar surface area (TPSA) is 127 Å². The lowest BCUT2D eigenvalue weighted by Gasteiger charge is -2.27. The number of halogens is 2. The number of hydrogen-bond acceptors (Lipinski definition) is 8. The third-order valence-corrected chi connectivity index (χ3v) is 12.5. The molecule has 3 heterocycles. The maximum Gasteiger partial charge on any atom is 0.291 e. The summed E-state index contributed by atoms with van der Waals surface area (Å²) in [6, 6.07) is 3.11. The number of fused-ring (bicyclic) bond motifs is 1. The van der Waals surface area contributed by atoms with Crippen molar-refractivity contribution < 1.29 is 25.6 Å². The molecule has 6 rings (SSSR count). The summed E-state index contributed by atoms with van der Waals surface area (Å²) < 4.78 is 85.2. The molecule has 40 heavy (non-hydrogen) atoms. The SMILES string of the molecule is CC(C)S(=O)(=O)N1CC=C(c2cc(S(=O)(=O)NC3(C)CC3)cc3c2nc(C2CC2)n3-c2nnc(C(F)F)s2)CC1. The third kappa shape index (κ3) is 4.99. The van der Waals surface area contributed by atoms with E-state index in [0.717, 1.165) is 42.6 Å². The van der Waals surface area contributed by atoms with Crippen LogP contribution in [0.3, 0.4) is 0 Å². The van der Waals surface area contributed by atoms with E-state index < -0.39 is 42.3 Å². The van der Waals surface area contributed by atoms with E-state index in [1.807, 2.05) is 6.92 Å². The first kappa shape index (κ1) is 27.8. The molecular formula is C25H30F2N6O4S3. The Labute approximate surface area is 235 Å². The average molecular weight is 613 g/mol. The van der Waals surface area contributed by atoms with Crippen molar-refractivity contribution >= 4 is 48.0 Å². The lowest BCUT2D eigenvalue weighted by molar-refractivity contribution is 0.150. The Morgan fingerprint density at radius 2 is 1.85 bits per heavy atom. The molecule has 3 aliphatic rings. The molecule has 0 unspecified atom stereocenters. The highest BCUT2D eigenvalue weighted by atomic mass is 32.2. The zero-order valence-electron chi connectivity index (χ0n) is 22.3. The molecule has 10 nitrogen and oxygen atoms in total. The van der Waals surface area contributed by atoms with Crippen molar-refractivity contribution in [3.05, 3.63) is 34.6 Å². The number of rotatable bonds is 9. The first-order valence-electron chi connectivity index (χ1n) is 13.2. The number of hydrogen-bond donors (Lipinski definition) is 1. The van der Waals surface area contributed by atoms with E-state index in [4.69, 9.17) is 4.98 Å². The zero-order chi connectivity index (χ0) is 28.6. The van der Waals surface area contributed by atoms with Gasteiger partial charge in [0, 0.05) is 30.1 Å². The van der Waals surface area contributed by atoms with Gasteiger partial charge >= 0.3 is 0 Å². The zero-order valence-corrected chi connectivity index (χ0v) is 24.7. The number of alkyl halides is 2. The standard InChI is InChI=1S/C25H30F2N6O4S3/c1-14(2)40(36,37)32-10-6-15(7-11-32)18-12-17(39(34,35)31-25(3)8-9-25)13-19-20(18)28-22(16-4-5-16)33(19)24-30-29-23(38-24)21(26)27/h6,12-14,16,21,31H,4-5,7-11H2,1-3H3. The number of aromatic nitrogens is 4. The molecule has 0 saturated heterocycles. The van der Waals surface area contributed by atoms with Crippen LogP contribution in [0.2, 0.25) is 0 Å². The highest BCUT2D eigenvalue weighted by Crippen LogP contribution is 2.44. The fourth-order valence-electron chi connectivity index (χ4n) is 4.89. The lowest BCUT2D eigenvalue weighted by atomic mass is 9.99. The predicted octanol–water partition coefficient (Wildman–Crippen LogP) is 4.35. The Kier molecular flexibility index (Phi) is 6.69. The van der Waals surface area contributed by atoms with E-state index in [1.54, 1.807) is 30.6 Å². The molecule has 1 N–H and O–H groups in total. The summed E-state index contributed by atoms with van der Waals surface area (Å²) in [4.78, 5) is 4.94. The van der Waals surface area contributed by atoms with E-state index in [-0.39, 0.29) is 29.0 Å². The maximum atomic E-state index is 13.5. The Morgan fingerprint density at radius 1 is 1.12 bits per heavy atom. The first-order valence-corrected chi connectivity index (χ1v) is 17.0. The Balaban J connectivity index is 1.53. The second kappa shape index (κ2) is 9.61. The van der Waals surface area contributed by atoms with Gasteiger partial charge in [-0.15, -0.1) is 10.2 Å². The minimum atomic E-state index is -3.93. The molecule has 1 aliphatic heterocycles.